The summed E-state index contributed by atoms with van der Waals surface area (Å²) in [7, 11) is -3.47. The number of anilines is 1. The SMILES string of the molecule is CC(C(=O)NCCS(=O)(=O)Nc1ccccc1)c1cccs1. The summed E-state index contributed by atoms with van der Waals surface area (Å²) in [5.41, 5.74) is 0.515. The summed E-state index contributed by atoms with van der Waals surface area (Å²) >= 11 is 1.51. The van der Waals surface area contributed by atoms with Gasteiger partial charge in [0.1, 0.15) is 0 Å². The number of rotatable bonds is 7. The Kier molecular flexibility index (Phi) is 5.57. The van der Waals surface area contributed by atoms with E-state index in [9.17, 15) is 13.2 Å². The molecule has 0 saturated carbocycles. The first-order valence-electron chi connectivity index (χ1n) is 6.84. The van der Waals surface area contributed by atoms with Gasteiger partial charge in [-0.15, -0.1) is 11.3 Å². The quantitative estimate of drug-likeness (QED) is 0.814. The normalized spacial score (nSPS) is 12.6. The number of carbonyl (C=O) groups excluding carboxylic acids is 1. The first-order valence-corrected chi connectivity index (χ1v) is 9.38. The molecule has 1 atom stereocenters. The topological polar surface area (TPSA) is 75.3 Å². The average Bonchev–Trinajstić information content (AvgIpc) is 3.00. The number of thiophene rings is 1. The summed E-state index contributed by atoms with van der Waals surface area (Å²) in [6.45, 7) is 1.88. The van der Waals surface area contributed by atoms with Gasteiger partial charge in [-0.3, -0.25) is 9.52 Å². The van der Waals surface area contributed by atoms with E-state index in [-0.39, 0.29) is 24.1 Å². The first kappa shape index (κ1) is 16.5. The van der Waals surface area contributed by atoms with Crippen molar-refractivity contribution in [3.63, 3.8) is 0 Å². The summed E-state index contributed by atoms with van der Waals surface area (Å²) in [5.74, 6) is -0.604. The summed E-state index contributed by atoms with van der Waals surface area (Å²) in [5, 5.41) is 4.57. The van der Waals surface area contributed by atoms with Crippen LogP contribution in [0.3, 0.4) is 0 Å². The lowest BCUT2D eigenvalue weighted by molar-refractivity contribution is -0.122. The van der Waals surface area contributed by atoms with Crippen molar-refractivity contribution >= 4 is 33.0 Å². The third-order valence-corrected chi connectivity index (χ3v) is 5.42. The molecule has 0 aliphatic heterocycles. The maximum atomic E-state index is 12.0. The minimum Gasteiger partial charge on any atom is -0.354 e. The highest BCUT2D eigenvalue weighted by atomic mass is 32.2. The standard InChI is InChI=1S/C15H18N2O3S2/c1-12(14-8-5-10-21-14)15(18)16-9-11-22(19,20)17-13-6-3-2-4-7-13/h2-8,10,12,17H,9,11H2,1H3,(H,16,18). The molecule has 1 amide bonds. The molecule has 118 valence electrons. The van der Waals surface area contributed by atoms with Crippen LogP contribution in [0.5, 0.6) is 0 Å². The molecule has 2 aromatic rings. The van der Waals surface area contributed by atoms with E-state index in [0.717, 1.165) is 4.88 Å². The first-order chi connectivity index (χ1) is 10.5. The number of hydrogen-bond acceptors (Lipinski definition) is 4. The Hall–Kier alpha value is -1.86. The van der Waals surface area contributed by atoms with E-state index in [2.05, 4.69) is 10.0 Å². The lowest BCUT2D eigenvalue weighted by atomic mass is 10.1. The monoisotopic (exact) mass is 338 g/mol. The van der Waals surface area contributed by atoms with E-state index in [1.165, 1.54) is 11.3 Å². The maximum absolute atomic E-state index is 12.0. The van der Waals surface area contributed by atoms with Crippen molar-refractivity contribution in [2.45, 2.75) is 12.8 Å². The lowest BCUT2D eigenvalue weighted by Gasteiger charge is -2.11. The van der Waals surface area contributed by atoms with Crippen LogP contribution >= 0.6 is 11.3 Å². The Morgan fingerprint density at radius 2 is 1.91 bits per heavy atom. The fourth-order valence-electron chi connectivity index (χ4n) is 1.87. The maximum Gasteiger partial charge on any atom is 0.234 e. The molecule has 0 bridgehead atoms. The highest BCUT2D eigenvalue weighted by Gasteiger charge is 2.17. The summed E-state index contributed by atoms with van der Waals surface area (Å²) < 4.78 is 26.3. The fraction of sp³-hybridized carbons (Fsp3) is 0.267. The van der Waals surface area contributed by atoms with Crippen molar-refractivity contribution in [2.75, 3.05) is 17.0 Å². The molecule has 7 heteroatoms. The molecule has 0 fully saturated rings. The van der Waals surface area contributed by atoms with Gasteiger partial charge < -0.3 is 5.32 Å². The second kappa shape index (κ2) is 7.42. The minimum atomic E-state index is -3.47. The number of benzene rings is 1. The van der Waals surface area contributed by atoms with E-state index in [1.807, 2.05) is 23.6 Å². The van der Waals surface area contributed by atoms with Gasteiger partial charge in [0.25, 0.3) is 0 Å². The zero-order valence-electron chi connectivity index (χ0n) is 12.2. The molecule has 2 rings (SSSR count). The zero-order valence-corrected chi connectivity index (χ0v) is 13.8. The third kappa shape index (κ3) is 4.85. The van der Waals surface area contributed by atoms with Crippen molar-refractivity contribution in [1.82, 2.24) is 5.32 Å². The Morgan fingerprint density at radius 1 is 1.18 bits per heavy atom. The van der Waals surface area contributed by atoms with E-state index in [0.29, 0.717) is 5.69 Å². The average molecular weight is 338 g/mol. The van der Waals surface area contributed by atoms with Gasteiger partial charge in [0.05, 0.1) is 11.7 Å². The number of carbonyl (C=O) groups is 1. The molecule has 0 aliphatic carbocycles. The molecular formula is C15H18N2O3S2. The highest BCUT2D eigenvalue weighted by molar-refractivity contribution is 7.92. The van der Waals surface area contributed by atoms with Gasteiger partial charge in [0.15, 0.2) is 0 Å². The van der Waals surface area contributed by atoms with E-state index >= 15 is 0 Å². The second-order valence-electron chi connectivity index (χ2n) is 4.82. The minimum absolute atomic E-state index is 0.0801. The van der Waals surface area contributed by atoms with Crippen molar-refractivity contribution in [2.24, 2.45) is 0 Å². The van der Waals surface area contributed by atoms with Crippen LogP contribution < -0.4 is 10.0 Å². The van der Waals surface area contributed by atoms with Crippen LogP contribution in [0.2, 0.25) is 0 Å². The molecule has 2 N–H and O–H groups in total. The molecule has 1 unspecified atom stereocenters. The van der Waals surface area contributed by atoms with Crippen LogP contribution in [0.15, 0.2) is 47.8 Å². The van der Waals surface area contributed by atoms with Gasteiger partial charge in [-0.25, -0.2) is 8.42 Å². The van der Waals surface area contributed by atoms with Crippen molar-refractivity contribution in [3.8, 4) is 0 Å². The van der Waals surface area contributed by atoms with Crippen LogP contribution in [0.25, 0.3) is 0 Å². The van der Waals surface area contributed by atoms with E-state index in [1.54, 1.807) is 31.2 Å². The third-order valence-electron chi connectivity index (χ3n) is 3.08. The number of amides is 1. The molecule has 1 aromatic carbocycles. The Morgan fingerprint density at radius 3 is 2.55 bits per heavy atom. The van der Waals surface area contributed by atoms with Crippen LogP contribution in [-0.4, -0.2) is 26.6 Å². The largest absolute Gasteiger partial charge is 0.354 e. The van der Waals surface area contributed by atoms with Crippen LogP contribution in [-0.2, 0) is 14.8 Å². The Labute approximate surface area is 134 Å². The highest BCUT2D eigenvalue weighted by Crippen LogP contribution is 2.20. The number of hydrogen-bond donors (Lipinski definition) is 2. The van der Waals surface area contributed by atoms with Crippen molar-refractivity contribution in [1.29, 1.82) is 0 Å². The van der Waals surface area contributed by atoms with E-state index in [4.69, 9.17) is 0 Å². The lowest BCUT2D eigenvalue weighted by Crippen LogP contribution is -2.33. The molecule has 1 heterocycles. The molecule has 1 aromatic heterocycles. The summed E-state index contributed by atoms with van der Waals surface area (Å²) in [4.78, 5) is 12.9. The predicted molar refractivity (Wildman–Crippen MR) is 89.6 cm³/mol. The van der Waals surface area contributed by atoms with Gasteiger partial charge >= 0.3 is 0 Å². The number of para-hydroxylation sites is 1. The summed E-state index contributed by atoms with van der Waals surface area (Å²) in [6, 6.07) is 12.4. The Balaban J connectivity index is 1.81. The molecule has 5 nitrogen and oxygen atoms in total. The van der Waals surface area contributed by atoms with Crippen molar-refractivity contribution in [3.05, 3.63) is 52.7 Å². The van der Waals surface area contributed by atoms with Gasteiger partial charge in [0, 0.05) is 17.1 Å². The van der Waals surface area contributed by atoms with Gasteiger partial charge in [-0.05, 0) is 30.5 Å². The molecule has 0 saturated heterocycles. The van der Waals surface area contributed by atoms with Crippen LogP contribution in [0.1, 0.15) is 17.7 Å². The molecule has 0 aliphatic rings. The van der Waals surface area contributed by atoms with E-state index < -0.39 is 10.0 Å². The van der Waals surface area contributed by atoms with Gasteiger partial charge in [-0.2, -0.15) is 0 Å². The number of sulfonamides is 1. The smallest absolute Gasteiger partial charge is 0.234 e. The predicted octanol–water partition coefficient (Wildman–Crippen LogP) is 2.41. The Bertz CT molecular complexity index is 698. The molecule has 22 heavy (non-hydrogen) atoms. The number of nitrogens with one attached hydrogen (secondary N) is 2. The zero-order chi connectivity index (χ0) is 16.0. The van der Waals surface area contributed by atoms with Crippen molar-refractivity contribution < 1.29 is 13.2 Å². The summed E-state index contributed by atoms with van der Waals surface area (Å²) in [6.07, 6.45) is 0. The van der Waals surface area contributed by atoms with Gasteiger partial charge in [0.2, 0.25) is 15.9 Å². The molecule has 0 spiro atoms. The molecular weight excluding hydrogens is 320 g/mol. The fourth-order valence-corrected chi connectivity index (χ4v) is 3.62. The van der Waals surface area contributed by atoms with Crippen LogP contribution in [0, 0.1) is 0 Å². The molecule has 0 radical (unpaired) electrons. The second-order valence-corrected chi connectivity index (χ2v) is 7.64. The van der Waals surface area contributed by atoms with Crippen LogP contribution in [0.4, 0.5) is 5.69 Å². The van der Waals surface area contributed by atoms with Gasteiger partial charge in [-0.1, -0.05) is 24.3 Å².